The van der Waals surface area contributed by atoms with Crippen molar-refractivity contribution in [2.45, 2.75) is 25.4 Å². The first-order chi connectivity index (χ1) is 9.08. The average Bonchev–Trinajstić information content (AvgIpc) is 2.39. The Labute approximate surface area is 120 Å². The molecule has 0 aromatic carbocycles. The number of halogens is 1. The zero-order chi connectivity index (χ0) is 13.8. The van der Waals surface area contributed by atoms with Gasteiger partial charge in [0.2, 0.25) is 5.82 Å². The molecule has 2 rings (SSSR count). The Hall–Kier alpha value is -1.21. The third-order valence-electron chi connectivity index (χ3n) is 3.12. The van der Waals surface area contributed by atoms with Crippen molar-refractivity contribution in [1.29, 1.82) is 0 Å². The third kappa shape index (κ3) is 3.63. The largest absolute Gasteiger partial charge is 0.376 e. The molecule has 0 bridgehead atoms. The van der Waals surface area contributed by atoms with Gasteiger partial charge in [0, 0.05) is 36.9 Å². The second-order valence-electron chi connectivity index (χ2n) is 4.62. The van der Waals surface area contributed by atoms with E-state index in [4.69, 9.17) is 4.74 Å². The van der Waals surface area contributed by atoms with Crippen LogP contribution in [0.25, 0.3) is 0 Å². The first-order valence-corrected chi connectivity index (χ1v) is 7.00. The number of nitrogens with zero attached hydrogens (tertiary/aromatic N) is 3. The molecule has 1 aromatic heterocycles. The predicted octanol–water partition coefficient (Wildman–Crippen LogP) is 2.76. The standard InChI is InChI=1S/C12H16BrN3O3/c1-15(8-10-4-2-3-5-19-10)12-11(16(17)18)6-9(13)7-14-12/h6-7,10H,2-5,8H2,1H3. The van der Waals surface area contributed by atoms with Crippen molar-refractivity contribution in [3.8, 4) is 0 Å². The number of nitro groups is 1. The Morgan fingerprint density at radius 1 is 1.63 bits per heavy atom. The number of hydrogen-bond acceptors (Lipinski definition) is 5. The first kappa shape index (κ1) is 14.2. The van der Waals surface area contributed by atoms with Crippen LogP contribution in [0.1, 0.15) is 19.3 Å². The maximum atomic E-state index is 11.1. The van der Waals surface area contributed by atoms with Crippen LogP contribution >= 0.6 is 15.9 Å². The quantitative estimate of drug-likeness (QED) is 0.627. The van der Waals surface area contributed by atoms with Crippen molar-refractivity contribution in [3.05, 3.63) is 26.9 Å². The summed E-state index contributed by atoms with van der Waals surface area (Å²) in [6, 6.07) is 1.47. The van der Waals surface area contributed by atoms with Crippen LogP contribution in [-0.2, 0) is 4.74 Å². The fraction of sp³-hybridized carbons (Fsp3) is 0.583. The molecular weight excluding hydrogens is 314 g/mol. The van der Waals surface area contributed by atoms with Crippen LogP contribution in [-0.4, -0.2) is 36.2 Å². The van der Waals surface area contributed by atoms with E-state index >= 15 is 0 Å². The summed E-state index contributed by atoms with van der Waals surface area (Å²) in [5.41, 5.74) is 0.00712. The van der Waals surface area contributed by atoms with Crippen molar-refractivity contribution in [3.63, 3.8) is 0 Å². The third-order valence-corrected chi connectivity index (χ3v) is 3.56. The van der Waals surface area contributed by atoms with Gasteiger partial charge in [-0.05, 0) is 35.2 Å². The van der Waals surface area contributed by atoms with E-state index in [1.165, 1.54) is 6.07 Å². The van der Waals surface area contributed by atoms with E-state index < -0.39 is 4.92 Å². The summed E-state index contributed by atoms with van der Waals surface area (Å²) in [7, 11) is 1.81. The Morgan fingerprint density at radius 2 is 2.42 bits per heavy atom. The number of aromatic nitrogens is 1. The van der Waals surface area contributed by atoms with Crippen LogP contribution in [0.3, 0.4) is 0 Å². The Bertz CT molecular complexity index is 464. The van der Waals surface area contributed by atoms with Crippen LogP contribution in [0.2, 0.25) is 0 Å². The zero-order valence-corrected chi connectivity index (χ0v) is 12.3. The smallest absolute Gasteiger partial charge is 0.312 e. The fourth-order valence-electron chi connectivity index (χ4n) is 2.19. The molecule has 0 N–H and O–H groups in total. The topological polar surface area (TPSA) is 68.5 Å². The normalized spacial score (nSPS) is 19.2. The van der Waals surface area contributed by atoms with E-state index in [0.717, 1.165) is 25.9 Å². The minimum atomic E-state index is -0.411. The highest BCUT2D eigenvalue weighted by molar-refractivity contribution is 9.10. The van der Waals surface area contributed by atoms with Gasteiger partial charge < -0.3 is 9.64 Å². The molecule has 1 unspecified atom stereocenters. The molecule has 0 spiro atoms. The molecular formula is C12H16BrN3O3. The van der Waals surface area contributed by atoms with Crippen molar-refractivity contribution >= 4 is 27.4 Å². The predicted molar refractivity (Wildman–Crippen MR) is 75.5 cm³/mol. The number of pyridine rings is 1. The lowest BCUT2D eigenvalue weighted by Gasteiger charge is -2.27. The van der Waals surface area contributed by atoms with Gasteiger partial charge in [0.1, 0.15) is 0 Å². The molecule has 7 heteroatoms. The van der Waals surface area contributed by atoms with E-state index in [0.29, 0.717) is 16.8 Å². The van der Waals surface area contributed by atoms with Gasteiger partial charge in [0.25, 0.3) is 0 Å². The highest BCUT2D eigenvalue weighted by atomic mass is 79.9. The molecule has 0 radical (unpaired) electrons. The van der Waals surface area contributed by atoms with Gasteiger partial charge >= 0.3 is 5.69 Å². The first-order valence-electron chi connectivity index (χ1n) is 6.20. The summed E-state index contributed by atoms with van der Waals surface area (Å²) in [5.74, 6) is 0.377. The Kier molecular flexibility index (Phi) is 4.71. The number of ether oxygens (including phenoxy) is 1. The lowest BCUT2D eigenvalue weighted by Crippen LogP contribution is -2.34. The van der Waals surface area contributed by atoms with Gasteiger partial charge in [-0.15, -0.1) is 0 Å². The fourth-order valence-corrected chi connectivity index (χ4v) is 2.51. The zero-order valence-electron chi connectivity index (χ0n) is 10.7. The Morgan fingerprint density at radius 3 is 3.05 bits per heavy atom. The molecule has 1 fully saturated rings. The molecule has 0 amide bonds. The molecule has 104 valence electrons. The van der Waals surface area contributed by atoms with Crippen molar-refractivity contribution in [2.24, 2.45) is 0 Å². The summed E-state index contributed by atoms with van der Waals surface area (Å²) in [5, 5.41) is 11.1. The molecule has 1 aliphatic heterocycles. The van der Waals surface area contributed by atoms with E-state index in [9.17, 15) is 10.1 Å². The second-order valence-corrected chi connectivity index (χ2v) is 5.54. The van der Waals surface area contributed by atoms with E-state index in [2.05, 4.69) is 20.9 Å². The maximum Gasteiger partial charge on any atom is 0.312 e. The van der Waals surface area contributed by atoms with Gasteiger partial charge in [0.05, 0.1) is 11.0 Å². The molecule has 6 nitrogen and oxygen atoms in total. The highest BCUT2D eigenvalue weighted by Gasteiger charge is 2.23. The van der Waals surface area contributed by atoms with Crippen molar-refractivity contribution in [1.82, 2.24) is 4.98 Å². The second kappa shape index (κ2) is 6.29. The van der Waals surface area contributed by atoms with E-state index in [1.54, 1.807) is 18.1 Å². The summed E-state index contributed by atoms with van der Waals surface area (Å²) in [6.07, 6.45) is 4.93. The molecule has 1 atom stereocenters. The lowest BCUT2D eigenvalue weighted by molar-refractivity contribution is -0.384. The van der Waals surface area contributed by atoms with Crippen molar-refractivity contribution < 1.29 is 9.66 Å². The molecule has 19 heavy (non-hydrogen) atoms. The number of likely N-dealkylation sites (N-methyl/N-ethyl adjacent to an activating group) is 1. The van der Waals surface area contributed by atoms with Crippen LogP contribution in [0, 0.1) is 10.1 Å². The molecule has 2 heterocycles. The SMILES string of the molecule is CN(CC1CCCCO1)c1ncc(Br)cc1[N+](=O)[O-]. The summed E-state index contributed by atoms with van der Waals surface area (Å²) >= 11 is 3.20. The average molecular weight is 330 g/mol. The highest BCUT2D eigenvalue weighted by Crippen LogP contribution is 2.28. The molecule has 1 saturated heterocycles. The summed E-state index contributed by atoms with van der Waals surface area (Å²) in [4.78, 5) is 16.6. The van der Waals surface area contributed by atoms with Crippen LogP contribution < -0.4 is 4.90 Å². The van der Waals surface area contributed by atoms with Gasteiger partial charge in [-0.2, -0.15) is 0 Å². The van der Waals surface area contributed by atoms with E-state index in [1.807, 2.05) is 0 Å². The maximum absolute atomic E-state index is 11.1. The van der Waals surface area contributed by atoms with E-state index in [-0.39, 0.29) is 11.8 Å². The summed E-state index contributed by atoms with van der Waals surface area (Å²) < 4.78 is 6.25. The lowest BCUT2D eigenvalue weighted by atomic mass is 10.1. The van der Waals surface area contributed by atoms with Crippen LogP contribution in [0.4, 0.5) is 11.5 Å². The minimum absolute atomic E-state index is 0.00712. The molecule has 1 aliphatic rings. The van der Waals surface area contributed by atoms with Gasteiger partial charge in [-0.25, -0.2) is 4.98 Å². The van der Waals surface area contributed by atoms with Gasteiger partial charge in [-0.1, -0.05) is 0 Å². The summed E-state index contributed by atoms with van der Waals surface area (Å²) in [6.45, 7) is 1.39. The van der Waals surface area contributed by atoms with Crippen LogP contribution in [0.15, 0.2) is 16.7 Å². The van der Waals surface area contributed by atoms with Gasteiger partial charge in [-0.3, -0.25) is 10.1 Å². The number of hydrogen-bond donors (Lipinski definition) is 0. The number of anilines is 1. The Balaban J connectivity index is 2.13. The number of rotatable bonds is 4. The van der Waals surface area contributed by atoms with Gasteiger partial charge in [0.15, 0.2) is 0 Å². The molecule has 0 aliphatic carbocycles. The minimum Gasteiger partial charge on any atom is -0.376 e. The molecule has 1 aromatic rings. The monoisotopic (exact) mass is 329 g/mol. The molecule has 0 saturated carbocycles. The van der Waals surface area contributed by atoms with Crippen molar-refractivity contribution in [2.75, 3.05) is 25.1 Å². The van der Waals surface area contributed by atoms with Crippen LogP contribution in [0.5, 0.6) is 0 Å².